The van der Waals surface area contributed by atoms with Gasteiger partial charge in [0.05, 0.1) is 6.04 Å². The monoisotopic (exact) mass is 372 g/mol. The quantitative estimate of drug-likeness (QED) is 0.772. The summed E-state index contributed by atoms with van der Waals surface area (Å²) in [4.78, 5) is 17.4. The van der Waals surface area contributed by atoms with Gasteiger partial charge in [-0.3, -0.25) is 9.80 Å². The molecule has 5 nitrogen and oxygen atoms in total. The summed E-state index contributed by atoms with van der Waals surface area (Å²) in [5.41, 5.74) is 1.29. The molecule has 2 aliphatic heterocycles. The number of nitrogens with one attached hydrogen (secondary N) is 2. The van der Waals surface area contributed by atoms with E-state index < -0.39 is 0 Å². The van der Waals surface area contributed by atoms with Crippen LogP contribution in [0.4, 0.5) is 4.79 Å². The highest BCUT2D eigenvalue weighted by Gasteiger charge is 2.24. The fourth-order valence-corrected chi connectivity index (χ4v) is 4.28. The van der Waals surface area contributed by atoms with Crippen molar-refractivity contribution in [2.45, 2.75) is 51.6 Å². The predicted molar refractivity (Wildman–Crippen MR) is 111 cm³/mol. The Morgan fingerprint density at radius 1 is 1.00 bits per heavy atom. The molecule has 1 aromatic carbocycles. The minimum absolute atomic E-state index is 0.0487. The first-order chi connectivity index (χ1) is 13.1. The Morgan fingerprint density at radius 2 is 1.63 bits per heavy atom. The molecule has 0 aliphatic carbocycles. The lowest BCUT2D eigenvalue weighted by Crippen LogP contribution is -2.48. The molecule has 0 bridgehead atoms. The Morgan fingerprint density at radius 3 is 2.30 bits per heavy atom. The Balaban J connectivity index is 1.45. The standard InChI is InChI=1S/C22H36N4O/c1-18-10-14-25(15-11-18)19(2)16-23-22(27)24-17-21(26-12-6-7-13-26)20-8-4-3-5-9-20/h3-5,8-9,18-19,21H,6-7,10-17H2,1-2H3,(H2,23,24,27). The topological polar surface area (TPSA) is 47.6 Å². The summed E-state index contributed by atoms with van der Waals surface area (Å²) in [5.74, 6) is 0.838. The first-order valence-corrected chi connectivity index (χ1v) is 10.7. The Hall–Kier alpha value is -1.59. The van der Waals surface area contributed by atoms with Gasteiger partial charge >= 0.3 is 6.03 Å². The van der Waals surface area contributed by atoms with Crippen molar-refractivity contribution in [1.82, 2.24) is 20.4 Å². The lowest BCUT2D eigenvalue weighted by Gasteiger charge is -2.35. The molecule has 3 rings (SSSR count). The van der Waals surface area contributed by atoms with E-state index in [2.05, 4.69) is 58.5 Å². The lowest BCUT2D eigenvalue weighted by atomic mass is 9.98. The highest BCUT2D eigenvalue weighted by Crippen LogP contribution is 2.24. The number of rotatable bonds is 7. The molecule has 2 aliphatic rings. The zero-order valence-electron chi connectivity index (χ0n) is 17.0. The third kappa shape index (κ3) is 5.94. The number of hydrogen-bond acceptors (Lipinski definition) is 3. The zero-order valence-corrected chi connectivity index (χ0v) is 17.0. The Labute approximate surface area is 164 Å². The van der Waals surface area contributed by atoms with E-state index >= 15 is 0 Å². The molecule has 0 saturated carbocycles. The van der Waals surface area contributed by atoms with Gasteiger partial charge in [-0.2, -0.15) is 0 Å². The molecule has 2 unspecified atom stereocenters. The van der Waals surface area contributed by atoms with Gasteiger partial charge < -0.3 is 10.6 Å². The molecule has 2 amide bonds. The molecule has 2 atom stereocenters. The number of carbonyl (C=O) groups is 1. The summed E-state index contributed by atoms with van der Waals surface area (Å²) >= 11 is 0. The van der Waals surface area contributed by atoms with E-state index in [9.17, 15) is 4.79 Å². The van der Waals surface area contributed by atoms with Gasteiger partial charge in [-0.15, -0.1) is 0 Å². The maximum absolute atomic E-state index is 12.4. The minimum atomic E-state index is -0.0487. The van der Waals surface area contributed by atoms with Gasteiger partial charge in [-0.25, -0.2) is 4.79 Å². The van der Waals surface area contributed by atoms with Crippen molar-refractivity contribution in [3.8, 4) is 0 Å². The van der Waals surface area contributed by atoms with E-state index in [1.54, 1.807) is 0 Å². The molecule has 5 heteroatoms. The average molecular weight is 373 g/mol. The number of amides is 2. The van der Waals surface area contributed by atoms with Crippen LogP contribution in [-0.4, -0.2) is 61.1 Å². The number of nitrogens with zero attached hydrogens (tertiary/aromatic N) is 2. The molecular formula is C22H36N4O. The fourth-order valence-electron chi connectivity index (χ4n) is 4.28. The second-order valence-corrected chi connectivity index (χ2v) is 8.33. The van der Waals surface area contributed by atoms with Crippen LogP contribution in [-0.2, 0) is 0 Å². The third-order valence-corrected chi connectivity index (χ3v) is 6.22. The predicted octanol–water partition coefficient (Wildman–Crippen LogP) is 3.24. The molecular weight excluding hydrogens is 336 g/mol. The van der Waals surface area contributed by atoms with Crippen LogP contribution < -0.4 is 10.6 Å². The van der Waals surface area contributed by atoms with Gasteiger partial charge in [-0.1, -0.05) is 37.3 Å². The maximum Gasteiger partial charge on any atom is 0.314 e. The molecule has 1 aromatic rings. The summed E-state index contributed by atoms with van der Waals surface area (Å²) in [6, 6.07) is 11.2. The van der Waals surface area contributed by atoms with Crippen molar-refractivity contribution < 1.29 is 4.79 Å². The number of benzene rings is 1. The Kier molecular flexibility index (Phi) is 7.53. The van der Waals surface area contributed by atoms with Crippen LogP contribution in [0.15, 0.2) is 30.3 Å². The Bertz CT molecular complexity index is 565. The SMILES string of the molecule is CC1CCN(C(C)CNC(=O)NCC(c2ccccc2)N2CCCC2)CC1. The average Bonchev–Trinajstić information content (AvgIpc) is 3.22. The van der Waals surface area contributed by atoms with E-state index in [4.69, 9.17) is 0 Å². The summed E-state index contributed by atoms with van der Waals surface area (Å²) < 4.78 is 0. The summed E-state index contributed by atoms with van der Waals surface area (Å²) in [5, 5.41) is 6.19. The van der Waals surface area contributed by atoms with Crippen molar-refractivity contribution in [2.24, 2.45) is 5.92 Å². The second kappa shape index (κ2) is 10.1. The minimum Gasteiger partial charge on any atom is -0.337 e. The second-order valence-electron chi connectivity index (χ2n) is 8.33. The first-order valence-electron chi connectivity index (χ1n) is 10.7. The first kappa shape index (κ1) is 20.2. The van der Waals surface area contributed by atoms with Gasteiger partial charge in [-0.05, 0) is 70.3 Å². The number of hydrogen-bond donors (Lipinski definition) is 2. The fraction of sp³-hybridized carbons (Fsp3) is 0.682. The van der Waals surface area contributed by atoms with Crippen LogP contribution in [0.1, 0.15) is 51.1 Å². The largest absolute Gasteiger partial charge is 0.337 e. The molecule has 2 N–H and O–H groups in total. The van der Waals surface area contributed by atoms with Crippen LogP contribution in [0.3, 0.4) is 0 Å². The van der Waals surface area contributed by atoms with Crippen molar-refractivity contribution >= 4 is 6.03 Å². The molecule has 2 fully saturated rings. The van der Waals surface area contributed by atoms with Gasteiger partial charge in [0, 0.05) is 19.1 Å². The van der Waals surface area contributed by atoms with Gasteiger partial charge in [0.2, 0.25) is 0 Å². The molecule has 150 valence electrons. The number of carbonyl (C=O) groups excluding carboxylic acids is 1. The third-order valence-electron chi connectivity index (χ3n) is 6.22. The highest BCUT2D eigenvalue weighted by molar-refractivity contribution is 5.73. The van der Waals surface area contributed by atoms with E-state index in [1.165, 1.54) is 31.2 Å². The van der Waals surface area contributed by atoms with Gasteiger partial charge in [0.25, 0.3) is 0 Å². The number of likely N-dealkylation sites (tertiary alicyclic amines) is 2. The zero-order chi connectivity index (χ0) is 19.1. The molecule has 0 aromatic heterocycles. The summed E-state index contributed by atoms with van der Waals surface area (Å²) in [6.07, 6.45) is 5.04. The van der Waals surface area contributed by atoms with Crippen molar-refractivity contribution in [3.05, 3.63) is 35.9 Å². The molecule has 2 saturated heterocycles. The maximum atomic E-state index is 12.4. The van der Waals surface area contributed by atoms with E-state index in [0.29, 0.717) is 19.1 Å². The van der Waals surface area contributed by atoms with Gasteiger partial charge in [0.15, 0.2) is 0 Å². The molecule has 27 heavy (non-hydrogen) atoms. The highest BCUT2D eigenvalue weighted by atomic mass is 16.2. The lowest BCUT2D eigenvalue weighted by molar-refractivity contribution is 0.145. The van der Waals surface area contributed by atoms with E-state index in [1.807, 2.05) is 6.07 Å². The summed E-state index contributed by atoms with van der Waals surface area (Å²) in [6.45, 7) is 10.4. The molecule has 2 heterocycles. The van der Waals surface area contributed by atoms with E-state index in [-0.39, 0.29) is 12.1 Å². The van der Waals surface area contributed by atoms with Crippen molar-refractivity contribution in [2.75, 3.05) is 39.3 Å². The van der Waals surface area contributed by atoms with Crippen LogP contribution in [0.25, 0.3) is 0 Å². The van der Waals surface area contributed by atoms with E-state index in [0.717, 1.165) is 32.1 Å². The summed E-state index contributed by atoms with van der Waals surface area (Å²) in [7, 11) is 0. The van der Waals surface area contributed by atoms with Crippen LogP contribution in [0, 0.1) is 5.92 Å². The van der Waals surface area contributed by atoms with Crippen LogP contribution in [0.2, 0.25) is 0 Å². The molecule has 0 spiro atoms. The molecule has 0 radical (unpaired) electrons. The van der Waals surface area contributed by atoms with Gasteiger partial charge in [0.1, 0.15) is 0 Å². The van der Waals surface area contributed by atoms with Crippen molar-refractivity contribution in [3.63, 3.8) is 0 Å². The normalized spacial score (nSPS) is 21.7. The van der Waals surface area contributed by atoms with Crippen LogP contribution >= 0.6 is 0 Å². The van der Waals surface area contributed by atoms with Crippen LogP contribution in [0.5, 0.6) is 0 Å². The van der Waals surface area contributed by atoms with Crippen molar-refractivity contribution in [1.29, 1.82) is 0 Å². The number of urea groups is 1. The number of piperidine rings is 1. The smallest absolute Gasteiger partial charge is 0.314 e.